The van der Waals surface area contributed by atoms with Gasteiger partial charge in [0, 0.05) is 13.0 Å². The molecule has 1 aromatic heterocycles. The average molecular weight is 237 g/mol. The van der Waals surface area contributed by atoms with E-state index in [2.05, 4.69) is 15.5 Å². The minimum atomic E-state index is -0.324. The van der Waals surface area contributed by atoms with Gasteiger partial charge in [0.15, 0.2) is 0 Å². The van der Waals surface area contributed by atoms with Gasteiger partial charge in [0.25, 0.3) is 0 Å². The van der Waals surface area contributed by atoms with Gasteiger partial charge in [-0.1, -0.05) is 5.16 Å². The SMILES string of the molecule is CC1(c2noc(CC3CCNC3)n2)CCCO1. The number of aromatic nitrogens is 2. The Morgan fingerprint density at radius 3 is 3.18 bits per heavy atom. The highest BCUT2D eigenvalue weighted by Gasteiger charge is 2.36. The third-order valence-electron chi connectivity index (χ3n) is 3.79. The predicted octanol–water partition coefficient (Wildman–Crippen LogP) is 1.25. The number of ether oxygens (including phenoxy) is 1. The molecule has 94 valence electrons. The van der Waals surface area contributed by atoms with E-state index in [0.29, 0.717) is 5.92 Å². The molecule has 5 nitrogen and oxygen atoms in total. The zero-order valence-corrected chi connectivity index (χ0v) is 10.2. The molecule has 0 aromatic carbocycles. The fourth-order valence-electron chi connectivity index (χ4n) is 2.64. The Morgan fingerprint density at radius 1 is 1.53 bits per heavy atom. The summed E-state index contributed by atoms with van der Waals surface area (Å²) < 4.78 is 11.0. The second-order valence-electron chi connectivity index (χ2n) is 5.26. The Kier molecular flexibility index (Phi) is 2.88. The Hall–Kier alpha value is -0.940. The topological polar surface area (TPSA) is 60.2 Å². The van der Waals surface area contributed by atoms with Crippen molar-refractivity contribution in [2.24, 2.45) is 5.92 Å². The van der Waals surface area contributed by atoms with Crippen LogP contribution in [0.15, 0.2) is 4.52 Å². The van der Waals surface area contributed by atoms with Crippen LogP contribution in [-0.2, 0) is 16.8 Å². The normalized spacial score (nSPS) is 33.4. The first-order chi connectivity index (χ1) is 8.26. The summed E-state index contributed by atoms with van der Waals surface area (Å²) >= 11 is 0. The summed E-state index contributed by atoms with van der Waals surface area (Å²) in [5, 5.41) is 7.43. The predicted molar refractivity (Wildman–Crippen MR) is 61.5 cm³/mol. The Balaban J connectivity index is 1.69. The van der Waals surface area contributed by atoms with E-state index in [0.717, 1.165) is 50.7 Å². The molecule has 2 aliphatic heterocycles. The highest BCUT2D eigenvalue weighted by atomic mass is 16.5. The first-order valence-electron chi connectivity index (χ1n) is 6.44. The molecule has 2 unspecified atom stereocenters. The lowest BCUT2D eigenvalue weighted by atomic mass is 10.0. The minimum Gasteiger partial charge on any atom is -0.367 e. The van der Waals surface area contributed by atoms with E-state index >= 15 is 0 Å². The molecule has 0 aliphatic carbocycles. The van der Waals surface area contributed by atoms with Gasteiger partial charge in [0.1, 0.15) is 5.60 Å². The molecule has 17 heavy (non-hydrogen) atoms. The Bertz CT molecular complexity index is 379. The summed E-state index contributed by atoms with van der Waals surface area (Å²) in [6, 6.07) is 0. The van der Waals surface area contributed by atoms with Crippen LogP contribution >= 0.6 is 0 Å². The lowest BCUT2D eigenvalue weighted by Crippen LogP contribution is -2.21. The molecule has 3 rings (SSSR count). The van der Waals surface area contributed by atoms with Crippen LogP contribution in [0.4, 0.5) is 0 Å². The van der Waals surface area contributed by atoms with Crippen molar-refractivity contribution >= 4 is 0 Å². The molecule has 2 fully saturated rings. The lowest BCUT2D eigenvalue weighted by Gasteiger charge is -2.17. The quantitative estimate of drug-likeness (QED) is 0.857. The molecule has 5 heteroatoms. The molecule has 2 atom stereocenters. The zero-order valence-electron chi connectivity index (χ0n) is 10.2. The van der Waals surface area contributed by atoms with Gasteiger partial charge in [-0.2, -0.15) is 4.98 Å². The van der Waals surface area contributed by atoms with Crippen LogP contribution in [0, 0.1) is 5.92 Å². The molecule has 3 heterocycles. The van der Waals surface area contributed by atoms with Crippen molar-refractivity contribution in [1.29, 1.82) is 0 Å². The number of nitrogens with one attached hydrogen (secondary N) is 1. The van der Waals surface area contributed by atoms with Gasteiger partial charge in [0.05, 0.1) is 0 Å². The highest BCUT2D eigenvalue weighted by Crippen LogP contribution is 2.33. The summed E-state index contributed by atoms with van der Waals surface area (Å²) in [4.78, 5) is 4.50. The van der Waals surface area contributed by atoms with Crippen LogP contribution in [0.3, 0.4) is 0 Å². The molecule has 0 saturated carbocycles. The van der Waals surface area contributed by atoms with E-state index in [1.807, 2.05) is 6.92 Å². The molecule has 0 bridgehead atoms. The van der Waals surface area contributed by atoms with Gasteiger partial charge in [-0.25, -0.2) is 0 Å². The van der Waals surface area contributed by atoms with Crippen LogP contribution in [0.2, 0.25) is 0 Å². The monoisotopic (exact) mass is 237 g/mol. The van der Waals surface area contributed by atoms with Crippen LogP contribution in [0.25, 0.3) is 0 Å². The van der Waals surface area contributed by atoms with E-state index in [-0.39, 0.29) is 5.60 Å². The fourth-order valence-corrected chi connectivity index (χ4v) is 2.64. The van der Waals surface area contributed by atoms with Crippen molar-refractivity contribution in [2.75, 3.05) is 19.7 Å². The highest BCUT2D eigenvalue weighted by molar-refractivity contribution is 5.02. The van der Waals surface area contributed by atoms with Crippen LogP contribution in [0.1, 0.15) is 37.9 Å². The smallest absolute Gasteiger partial charge is 0.227 e. The van der Waals surface area contributed by atoms with Gasteiger partial charge in [-0.3, -0.25) is 0 Å². The van der Waals surface area contributed by atoms with E-state index < -0.39 is 0 Å². The summed E-state index contributed by atoms with van der Waals surface area (Å²) in [5.74, 6) is 2.11. The zero-order chi connectivity index (χ0) is 11.7. The third kappa shape index (κ3) is 2.21. The van der Waals surface area contributed by atoms with E-state index in [9.17, 15) is 0 Å². The minimum absolute atomic E-state index is 0.324. The Morgan fingerprint density at radius 2 is 2.47 bits per heavy atom. The molecule has 2 saturated heterocycles. The maximum Gasteiger partial charge on any atom is 0.227 e. The molecule has 1 aromatic rings. The Labute approximate surface area is 101 Å². The van der Waals surface area contributed by atoms with Crippen LogP contribution in [0.5, 0.6) is 0 Å². The van der Waals surface area contributed by atoms with E-state index in [1.165, 1.54) is 6.42 Å². The van der Waals surface area contributed by atoms with Crippen molar-refractivity contribution in [3.05, 3.63) is 11.7 Å². The van der Waals surface area contributed by atoms with Crippen molar-refractivity contribution in [3.63, 3.8) is 0 Å². The molecule has 0 spiro atoms. The van der Waals surface area contributed by atoms with Gasteiger partial charge in [-0.05, 0) is 45.2 Å². The van der Waals surface area contributed by atoms with Gasteiger partial charge in [-0.15, -0.1) is 0 Å². The number of hydrogen-bond donors (Lipinski definition) is 1. The standard InChI is InChI=1S/C12H19N3O2/c1-12(4-2-6-16-12)11-14-10(17-15-11)7-9-3-5-13-8-9/h9,13H,2-8H2,1H3. The van der Waals surface area contributed by atoms with Gasteiger partial charge >= 0.3 is 0 Å². The maximum atomic E-state index is 5.71. The largest absolute Gasteiger partial charge is 0.367 e. The van der Waals surface area contributed by atoms with Crippen LogP contribution < -0.4 is 5.32 Å². The van der Waals surface area contributed by atoms with E-state index in [1.54, 1.807) is 0 Å². The maximum absolute atomic E-state index is 5.71. The molecule has 0 radical (unpaired) electrons. The van der Waals surface area contributed by atoms with Gasteiger partial charge < -0.3 is 14.6 Å². The molecular weight excluding hydrogens is 218 g/mol. The van der Waals surface area contributed by atoms with Crippen molar-refractivity contribution in [3.8, 4) is 0 Å². The third-order valence-corrected chi connectivity index (χ3v) is 3.79. The first-order valence-corrected chi connectivity index (χ1v) is 6.44. The summed E-state index contributed by atoms with van der Waals surface area (Å²) in [6.45, 7) is 5.01. The first kappa shape index (κ1) is 11.2. The van der Waals surface area contributed by atoms with Crippen molar-refractivity contribution < 1.29 is 9.26 Å². The fraction of sp³-hybridized carbons (Fsp3) is 0.833. The van der Waals surface area contributed by atoms with E-state index in [4.69, 9.17) is 9.26 Å². The lowest BCUT2D eigenvalue weighted by molar-refractivity contribution is 0.00768. The number of rotatable bonds is 3. The van der Waals surface area contributed by atoms with Crippen molar-refractivity contribution in [1.82, 2.24) is 15.5 Å². The molecule has 1 N–H and O–H groups in total. The molecular formula is C12H19N3O2. The summed E-state index contributed by atoms with van der Waals surface area (Å²) in [6.07, 6.45) is 4.14. The average Bonchev–Trinajstić information content (AvgIpc) is 3.00. The summed E-state index contributed by atoms with van der Waals surface area (Å²) in [5.41, 5.74) is -0.324. The second-order valence-corrected chi connectivity index (χ2v) is 5.26. The summed E-state index contributed by atoms with van der Waals surface area (Å²) in [7, 11) is 0. The van der Waals surface area contributed by atoms with Crippen molar-refractivity contribution in [2.45, 2.75) is 38.2 Å². The number of nitrogens with zero attached hydrogens (tertiary/aromatic N) is 2. The molecule has 2 aliphatic rings. The molecule has 0 amide bonds. The van der Waals surface area contributed by atoms with Crippen LogP contribution in [-0.4, -0.2) is 29.8 Å². The van der Waals surface area contributed by atoms with Gasteiger partial charge in [0.2, 0.25) is 11.7 Å². The second kappa shape index (κ2) is 4.38. The number of hydrogen-bond acceptors (Lipinski definition) is 5.